The number of amides is 1. The maximum Gasteiger partial charge on any atom is 0.408 e. The third-order valence-corrected chi connectivity index (χ3v) is 4.81. The molecule has 0 aromatic rings. The number of carboxylic acid groups (broad SMARTS) is 1. The van der Waals surface area contributed by atoms with Crippen LogP contribution in [0, 0.1) is 11.3 Å². The normalized spacial score (nSPS) is 37.3. The summed E-state index contributed by atoms with van der Waals surface area (Å²) in [5, 5.41) is 18.9. The van der Waals surface area contributed by atoms with E-state index in [0.29, 0.717) is 0 Å². The van der Waals surface area contributed by atoms with Crippen LogP contribution in [0.25, 0.3) is 0 Å². The van der Waals surface area contributed by atoms with Gasteiger partial charge in [-0.15, -0.1) is 0 Å². The molecule has 0 aliphatic carbocycles. The van der Waals surface area contributed by atoms with Gasteiger partial charge in [-0.2, -0.15) is 0 Å². The van der Waals surface area contributed by atoms with Gasteiger partial charge in [0, 0.05) is 12.6 Å². The molecule has 0 radical (unpaired) electrons. The van der Waals surface area contributed by atoms with Crippen molar-refractivity contribution in [1.82, 2.24) is 4.90 Å². The van der Waals surface area contributed by atoms with Crippen molar-refractivity contribution in [2.75, 3.05) is 6.61 Å². The van der Waals surface area contributed by atoms with Crippen LogP contribution in [0.2, 0.25) is 0 Å². The van der Waals surface area contributed by atoms with Crippen LogP contribution >= 0.6 is 0 Å². The molecule has 0 saturated carbocycles. The number of nitrogens with zero attached hydrogens (tertiary/aromatic N) is 1. The standard InChI is InChI=1S/C13H23NO3/c1-12(2,3)13-5-4-10(14(13)11(16)17)6-9(7-13)8-15/h9-10,15H,4-8H2,1-3H3,(H,16,17). The highest BCUT2D eigenvalue weighted by Gasteiger charge is 2.58. The maximum atomic E-state index is 11.5. The van der Waals surface area contributed by atoms with Gasteiger partial charge in [0.2, 0.25) is 0 Å². The van der Waals surface area contributed by atoms with E-state index in [1.54, 1.807) is 4.90 Å². The number of piperidine rings is 1. The Morgan fingerprint density at radius 2 is 2.12 bits per heavy atom. The van der Waals surface area contributed by atoms with E-state index in [9.17, 15) is 15.0 Å². The molecule has 0 aromatic heterocycles. The lowest BCUT2D eigenvalue weighted by molar-refractivity contribution is -0.0415. The van der Waals surface area contributed by atoms with Crippen molar-refractivity contribution in [1.29, 1.82) is 0 Å². The van der Waals surface area contributed by atoms with E-state index < -0.39 is 6.09 Å². The molecule has 2 saturated heterocycles. The van der Waals surface area contributed by atoms with Crippen LogP contribution in [-0.2, 0) is 0 Å². The van der Waals surface area contributed by atoms with Gasteiger partial charge in [0.25, 0.3) is 0 Å². The Morgan fingerprint density at radius 3 is 2.59 bits per heavy atom. The molecule has 0 aromatic carbocycles. The quantitative estimate of drug-likeness (QED) is 0.740. The Kier molecular flexibility index (Phi) is 2.89. The predicted octanol–water partition coefficient (Wildman–Crippen LogP) is 2.32. The van der Waals surface area contributed by atoms with Crippen molar-refractivity contribution in [3.8, 4) is 0 Å². The zero-order valence-corrected chi connectivity index (χ0v) is 10.9. The first-order valence-electron chi connectivity index (χ1n) is 6.45. The first-order chi connectivity index (χ1) is 7.82. The van der Waals surface area contributed by atoms with Gasteiger partial charge in [-0.3, -0.25) is 4.90 Å². The monoisotopic (exact) mass is 241 g/mol. The number of hydrogen-bond acceptors (Lipinski definition) is 2. The van der Waals surface area contributed by atoms with Gasteiger partial charge in [-0.25, -0.2) is 4.79 Å². The molecule has 2 aliphatic rings. The minimum absolute atomic E-state index is 0.0754. The fourth-order valence-electron chi connectivity index (χ4n) is 3.89. The van der Waals surface area contributed by atoms with Gasteiger partial charge < -0.3 is 10.2 Å². The number of rotatable bonds is 1. The Bertz CT molecular complexity index is 323. The van der Waals surface area contributed by atoms with Crippen LogP contribution < -0.4 is 0 Å². The Hall–Kier alpha value is -0.770. The highest BCUT2D eigenvalue weighted by atomic mass is 16.4. The zero-order chi connectivity index (χ0) is 12.8. The molecule has 17 heavy (non-hydrogen) atoms. The fraction of sp³-hybridized carbons (Fsp3) is 0.923. The highest BCUT2D eigenvalue weighted by molar-refractivity contribution is 5.68. The summed E-state index contributed by atoms with van der Waals surface area (Å²) in [6.45, 7) is 6.53. The minimum atomic E-state index is -0.793. The van der Waals surface area contributed by atoms with Crippen molar-refractivity contribution >= 4 is 6.09 Å². The van der Waals surface area contributed by atoms with Gasteiger partial charge >= 0.3 is 6.09 Å². The molecule has 4 nitrogen and oxygen atoms in total. The molecule has 2 fully saturated rings. The Labute approximate surface area is 103 Å². The van der Waals surface area contributed by atoms with E-state index >= 15 is 0 Å². The second kappa shape index (κ2) is 3.87. The average molecular weight is 241 g/mol. The van der Waals surface area contributed by atoms with Gasteiger partial charge in [-0.1, -0.05) is 20.8 Å². The number of aliphatic hydroxyl groups is 1. The molecule has 2 N–H and O–H groups in total. The summed E-state index contributed by atoms with van der Waals surface area (Å²) < 4.78 is 0. The van der Waals surface area contributed by atoms with Crippen molar-refractivity contribution in [3.63, 3.8) is 0 Å². The molecule has 2 heterocycles. The van der Waals surface area contributed by atoms with Gasteiger partial charge in [0.15, 0.2) is 0 Å². The molecule has 98 valence electrons. The molecular formula is C13H23NO3. The summed E-state index contributed by atoms with van der Waals surface area (Å²) in [5.41, 5.74) is -0.358. The van der Waals surface area contributed by atoms with Crippen LogP contribution in [0.3, 0.4) is 0 Å². The maximum absolute atomic E-state index is 11.5. The zero-order valence-electron chi connectivity index (χ0n) is 10.9. The Morgan fingerprint density at radius 1 is 1.47 bits per heavy atom. The van der Waals surface area contributed by atoms with E-state index in [2.05, 4.69) is 20.8 Å². The molecule has 3 atom stereocenters. The number of fused-ring (bicyclic) bond motifs is 2. The second-order valence-corrected chi connectivity index (χ2v) is 6.62. The third kappa shape index (κ3) is 1.73. The molecule has 0 spiro atoms. The first-order valence-corrected chi connectivity index (χ1v) is 6.45. The van der Waals surface area contributed by atoms with Crippen molar-refractivity contribution in [2.45, 2.75) is 58.0 Å². The number of hydrogen-bond donors (Lipinski definition) is 2. The van der Waals surface area contributed by atoms with Crippen molar-refractivity contribution in [3.05, 3.63) is 0 Å². The third-order valence-electron chi connectivity index (χ3n) is 4.81. The van der Waals surface area contributed by atoms with E-state index in [0.717, 1.165) is 25.7 Å². The Balaban J connectivity index is 2.39. The summed E-state index contributed by atoms with van der Waals surface area (Å²) >= 11 is 0. The van der Waals surface area contributed by atoms with E-state index in [4.69, 9.17) is 0 Å². The molecule has 3 unspecified atom stereocenters. The minimum Gasteiger partial charge on any atom is -0.465 e. The second-order valence-electron chi connectivity index (χ2n) is 6.62. The smallest absolute Gasteiger partial charge is 0.408 e. The van der Waals surface area contributed by atoms with E-state index in [1.807, 2.05) is 0 Å². The summed E-state index contributed by atoms with van der Waals surface area (Å²) in [4.78, 5) is 13.2. The largest absolute Gasteiger partial charge is 0.465 e. The lowest BCUT2D eigenvalue weighted by atomic mass is 9.66. The number of aliphatic hydroxyl groups excluding tert-OH is 1. The highest BCUT2D eigenvalue weighted by Crippen LogP contribution is 2.54. The van der Waals surface area contributed by atoms with Gasteiger partial charge in [0.05, 0.1) is 5.54 Å². The van der Waals surface area contributed by atoms with Crippen LogP contribution in [0.4, 0.5) is 4.79 Å². The molecular weight excluding hydrogens is 218 g/mol. The fourth-order valence-corrected chi connectivity index (χ4v) is 3.89. The van der Waals surface area contributed by atoms with Crippen LogP contribution in [-0.4, -0.2) is 39.4 Å². The summed E-state index contributed by atoms with van der Waals surface area (Å²) in [6.07, 6.45) is 2.71. The summed E-state index contributed by atoms with van der Waals surface area (Å²) in [6, 6.07) is 0.109. The summed E-state index contributed by atoms with van der Waals surface area (Å²) in [5.74, 6) is 0.261. The lowest BCUT2D eigenvalue weighted by Crippen LogP contribution is -2.61. The van der Waals surface area contributed by atoms with Gasteiger partial charge in [0.1, 0.15) is 0 Å². The average Bonchev–Trinajstić information content (AvgIpc) is 2.47. The molecule has 4 heteroatoms. The molecule has 2 rings (SSSR count). The molecule has 2 bridgehead atoms. The van der Waals surface area contributed by atoms with Crippen molar-refractivity contribution in [2.24, 2.45) is 11.3 Å². The van der Waals surface area contributed by atoms with Crippen LogP contribution in [0.15, 0.2) is 0 Å². The summed E-state index contributed by atoms with van der Waals surface area (Å²) in [7, 11) is 0. The van der Waals surface area contributed by atoms with E-state index in [-0.39, 0.29) is 29.5 Å². The molecule has 1 amide bonds. The first kappa shape index (κ1) is 12.7. The van der Waals surface area contributed by atoms with Gasteiger partial charge in [-0.05, 0) is 37.0 Å². The number of carbonyl (C=O) groups is 1. The van der Waals surface area contributed by atoms with Crippen LogP contribution in [0.1, 0.15) is 46.5 Å². The lowest BCUT2D eigenvalue weighted by Gasteiger charge is -2.53. The van der Waals surface area contributed by atoms with Crippen molar-refractivity contribution < 1.29 is 15.0 Å². The SMILES string of the molecule is CC(C)(C)C12CCC(CC(CO)C1)N2C(=O)O. The molecule has 2 aliphatic heterocycles. The topological polar surface area (TPSA) is 60.8 Å². The van der Waals surface area contributed by atoms with E-state index in [1.165, 1.54) is 0 Å². The predicted molar refractivity (Wildman–Crippen MR) is 64.9 cm³/mol. The van der Waals surface area contributed by atoms with Crippen LogP contribution in [0.5, 0.6) is 0 Å².